The second-order valence-corrected chi connectivity index (χ2v) is 4.40. The number of aromatic amines is 1. The van der Waals surface area contributed by atoms with Crippen molar-refractivity contribution in [3.63, 3.8) is 0 Å². The molecule has 0 radical (unpaired) electrons. The van der Waals surface area contributed by atoms with Gasteiger partial charge in [-0.05, 0) is 32.9 Å². The zero-order valence-corrected chi connectivity index (χ0v) is 12.2. The zero-order chi connectivity index (χ0) is 14.4. The van der Waals surface area contributed by atoms with Gasteiger partial charge in [0.05, 0.1) is 19.4 Å². The summed E-state index contributed by atoms with van der Waals surface area (Å²) in [6.07, 6.45) is 1.83. The molecule has 0 saturated carbocycles. The van der Waals surface area contributed by atoms with E-state index in [4.69, 9.17) is 9.47 Å². The van der Waals surface area contributed by atoms with Crippen molar-refractivity contribution in [1.29, 1.82) is 0 Å². The number of hydrogen-bond donors (Lipinski definition) is 2. The van der Waals surface area contributed by atoms with Gasteiger partial charge in [-0.1, -0.05) is 0 Å². The van der Waals surface area contributed by atoms with Crippen LogP contribution in [0.1, 0.15) is 25.1 Å². The molecule has 0 saturated heterocycles. The van der Waals surface area contributed by atoms with Gasteiger partial charge in [0, 0.05) is 29.6 Å². The number of ether oxygens (including phenoxy) is 2. The minimum Gasteiger partial charge on any atom is -0.490 e. The molecular weight excluding hydrogens is 254 g/mol. The van der Waals surface area contributed by atoms with E-state index in [0.29, 0.717) is 13.2 Å². The molecule has 108 valence electrons. The number of rotatable bonds is 7. The summed E-state index contributed by atoms with van der Waals surface area (Å²) >= 11 is 0. The van der Waals surface area contributed by atoms with Crippen LogP contribution in [-0.2, 0) is 6.54 Å². The van der Waals surface area contributed by atoms with Gasteiger partial charge in [-0.15, -0.1) is 0 Å². The van der Waals surface area contributed by atoms with Crippen molar-refractivity contribution in [3.8, 4) is 11.5 Å². The maximum atomic E-state index is 5.61. The number of nitrogens with zero attached hydrogens (tertiary/aromatic N) is 1. The van der Waals surface area contributed by atoms with Gasteiger partial charge in [0.2, 0.25) is 0 Å². The Labute approximate surface area is 119 Å². The second kappa shape index (κ2) is 6.84. The van der Waals surface area contributed by atoms with Gasteiger partial charge >= 0.3 is 0 Å². The van der Waals surface area contributed by atoms with Gasteiger partial charge in [0.15, 0.2) is 11.5 Å². The van der Waals surface area contributed by atoms with Crippen LogP contribution in [0.25, 0.3) is 0 Å². The third-order valence-electron chi connectivity index (χ3n) is 2.96. The largest absolute Gasteiger partial charge is 0.490 e. The first-order chi connectivity index (χ1) is 9.74. The monoisotopic (exact) mass is 275 g/mol. The van der Waals surface area contributed by atoms with Crippen LogP contribution in [0.2, 0.25) is 0 Å². The Hall–Kier alpha value is -2.17. The minimum atomic E-state index is 0.615. The highest BCUT2D eigenvalue weighted by atomic mass is 16.5. The standard InChI is InChI=1S/C15H21N3O2/c1-4-19-14-7-6-13(8-15(14)20-5-2)16-9-12-10-17-18-11(12)3/h6-8,10,16H,4-5,9H2,1-3H3,(H,17,18). The Morgan fingerprint density at radius 3 is 2.55 bits per heavy atom. The highest BCUT2D eigenvalue weighted by Crippen LogP contribution is 2.30. The van der Waals surface area contributed by atoms with Crippen LogP contribution < -0.4 is 14.8 Å². The number of nitrogens with one attached hydrogen (secondary N) is 2. The molecule has 0 fully saturated rings. The fourth-order valence-electron chi connectivity index (χ4n) is 1.91. The highest BCUT2D eigenvalue weighted by Gasteiger charge is 2.06. The lowest BCUT2D eigenvalue weighted by atomic mass is 10.2. The van der Waals surface area contributed by atoms with Crippen LogP contribution in [-0.4, -0.2) is 23.4 Å². The molecule has 0 aliphatic heterocycles. The Morgan fingerprint density at radius 2 is 1.90 bits per heavy atom. The molecule has 5 heteroatoms. The molecule has 2 N–H and O–H groups in total. The minimum absolute atomic E-state index is 0.615. The summed E-state index contributed by atoms with van der Waals surface area (Å²) in [6.45, 7) is 7.90. The fraction of sp³-hybridized carbons (Fsp3) is 0.400. The van der Waals surface area contributed by atoms with Crippen molar-refractivity contribution in [1.82, 2.24) is 10.2 Å². The van der Waals surface area contributed by atoms with E-state index in [1.807, 2.05) is 45.2 Å². The quantitative estimate of drug-likeness (QED) is 0.815. The lowest BCUT2D eigenvalue weighted by molar-refractivity contribution is 0.288. The van der Waals surface area contributed by atoms with Crippen LogP contribution in [0.5, 0.6) is 11.5 Å². The smallest absolute Gasteiger partial charge is 0.163 e. The molecule has 0 atom stereocenters. The van der Waals surface area contributed by atoms with E-state index in [0.717, 1.165) is 35.0 Å². The van der Waals surface area contributed by atoms with Gasteiger partial charge in [0.25, 0.3) is 0 Å². The highest BCUT2D eigenvalue weighted by molar-refractivity contribution is 5.55. The van der Waals surface area contributed by atoms with E-state index < -0.39 is 0 Å². The van der Waals surface area contributed by atoms with Gasteiger partial charge in [-0.2, -0.15) is 5.10 Å². The van der Waals surface area contributed by atoms with Gasteiger partial charge in [0.1, 0.15) is 0 Å². The summed E-state index contributed by atoms with van der Waals surface area (Å²) in [6, 6.07) is 5.88. The SMILES string of the molecule is CCOc1ccc(NCc2cn[nH]c2C)cc1OCC. The van der Waals surface area contributed by atoms with Crippen LogP contribution in [0.4, 0.5) is 5.69 Å². The molecule has 0 aliphatic carbocycles. The van der Waals surface area contributed by atoms with E-state index >= 15 is 0 Å². The van der Waals surface area contributed by atoms with Gasteiger partial charge in [-0.25, -0.2) is 0 Å². The predicted octanol–water partition coefficient (Wildman–Crippen LogP) is 3.13. The first-order valence-electron chi connectivity index (χ1n) is 6.87. The summed E-state index contributed by atoms with van der Waals surface area (Å²) in [5.41, 5.74) is 3.22. The molecule has 0 unspecified atom stereocenters. The first kappa shape index (κ1) is 14.2. The molecule has 1 heterocycles. The van der Waals surface area contributed by atoms with E-state index in [2.05, 4.69) is 15.5 Å². The van der Waals surface area contributed by atoms with Crippen LogP contribution in [0.3, 0.4) is 0 Å². The summed E-state index contributed by atoms with van der Waals surface area (Å²) in [7, 11) is 0. The topological polar surface area (TPSA) is 59.2 Å². The maximum Gasteiger partial charge on any atom is 0.163 e. The summed E-state index contributed by atoms with van der Waals surface area (Å²) in [5.74, 6) is 1.54. The molecular formula is C15H21N3O2. The summed E-state index contributed by atoms with van der Waals surface area (Å²) in [4.78, 5) is 0. The zero-order valence-electron chi connectivity index (χ0n) is 12.2. The average Bonchev–Trinajstić information content (AvgIpc) is 2.85. The van der Waals surface area contributed by atoms with E-state index in [-0.39, 0.29) is 0 Å². The van der Waals surface area contributed by atoms with Crippen LogP contribution in [0, 0.1) is 6.92 Å². The summed E-state index contributed by atoms with van der Waals surface area (Å²) in [5, 5.41) is 10.3. The summed E-state index contributed by atoms with van der Waals surface area (Å²) < 4.78 is 11.2. The Morgan fingerprint density at radius 1 is 1.15 bits per heavy atom. The van der Waals surface area contributed by atoms with E-state index in [9.17, 15) is 0 Å². The Kier molecular flexibility index (Phi) is 4.87. The third kappa shape index (κ3) is 3.44. The number of benzene rings is 1. The van der Waals surface area contributed by atoms with E-state index in [1.54, 1.807) is 0 Å². The van der Waals surface area contributed by atoms with Gasteiger partial charge in [-0.3, -0.25) is 5.10 Å². The molecule has 0 spiro atoms. The van der Waals surface area contributed by atoms with Crippen molar-refractivity contribution in [3.05, 3.63) is 35.7 Å². The fourth-order valence-corrected chi connectivity index (χ4v) is 1.91. The number of aryl methyl sites for hydroxylation is 1. The van der Waals surface area contributed by atoms with E-state index in [1.165, 1.54) is 0 Å². The van der Waals surface area contributed by atoms with Crippen molar-refractivity contribution in [2.45, 2.75) is 27.3 Å². The number of anilines is 1. The molecule has 20 heavy (non-hydrogen) atoms. The van der Waals surface area contributed by atoms with Crippen molar-refractivity contribution in [2.75, 3.05) is 18.5 Å². The van der Waals surface area contributed by atoms with Crippen molar-refractivity contribution >= 4 is 5.69 Å². The molecule has 0 amide bonds. The normalized spacial score (nSPS) is 10.3. The molecule has 2 aromatic rings. The van der Waals surface area contributed by atoms with Crippen molar-refractivity contribution < 1.29 is 9.47 Å². The molecule has 1 aromatic carbocycles. The lowest BCUT2D eigenvalue weighted by Crippen LogP contribution is -2.02. The van der Waals surface area contributed by atoms with Gasteiger partial charge < -0.3 is 14.8 Å². The van der Waals surface area contributed by atoms with Crippen LogP contribution >= 0.6 is 0 Å². The first-order valence-corrected chi connectivity index (χ1v) is 6.87. The number of hydrogen-bond acceptors (Lipinski definition) is 4. The lowest BCUT2D eigenvalue weighted by Gasteiger charge is -2.13. The maximum absolute atomic E-state index is 5.61. The molecule has 2 rings (SSSR count). The average molecular weight is 275 g/mol. The molecule has 1 aromatic heterocycles. The molecule has 0 bridgehead atoms. The van der Waals surface area contributed by atoms with Crippen LogP contribution in [0.15, 0.2) is 24.4 Å². The number of H-pyrrole nitrogens is 1. The van der Waals surface area contributed by atoms with Crippen molar-refractivity contribution in [2.24, 2.45) is 0 Å². The number of aromatic nitrogens is 2. The Bertz CT molecular complexity index is 552. The third-order valence-corrected chi connectivity index (χ3v) is 2.96. The molecule has 0 aliphatic rings. The Balaban J connectivity index is 2.08. The molecule has 5 nitrogen and oxygen atoms in total. The predicted molar refractivity (Wildman–Crippen MR) is 79.4 cm³/mol. The second-order valence-electron chi connectivity index (χ2n) is 4.40.